The van der Waals surface area contributed by atoms with Gasteiger partial charge in [-0.05, 0) is 44.3 Å². The highest BCUT2D eigenvalue weighted by Gasteiger charge is 2.43. The Bertz CT molecular complexity index is 897. The summed E-state index contributed by atoms with van der Waals surface area (Å²) in [7, 11) is 0. The smallest absolute Gasteiger partial charge is 0.421 e. The van der Waals surface area contributed by atoms with Crippen LogP contribution in [0, 0.1) is 5.92 Å². The number of amides is 3. The maximum absolute atomic E-state index is 12.2. The van der Waals surface area contributed by atoms with Gasteiger partial charge >= 0.3 is 6.09 Å². The van der Waals surface area contributed by atoms with Crippen molar-refractivity contribution in [1.29, 1.82) is 0 Å². The lowest BCUT2D eigenvalue weighted by Gasteiger charge is -2.25. The number of aromatic nitrogens is 4. The van der Waals surface area contributed by atoms with Gasteiger partial charge in [0, 0.05) is 6.42 Å². The predicted molar refractivity (Wildman–Crippen MR) is 95.5 cm³/mol. The zero-order valence-electron chi connectivity index (χ0n) is 15.5. The Morgan fingerprint density at radius 3 is 2.41 bits per heavy atom. The number of imide groups is 3. The summed E-state index contributed by atoms with van der Waals surface area (Å²) in [6.07, 6.45) is 5.05. The van der Waals surface area contributed by atoms with E-state index in [9.17, 15) is 14.4 Å². The SMILES string of the molecule is O=C(O)N1C(=O)CC(CC2CCC=C(c3nnc(C4=CCCCO4)nn3)O2)C1=O. The first-order valence-electron chi connectivity index (χ1n) is 9.40. The molecule has 3 aliphatic heterocycles. The van der Waals surface area contributed by atoms with Crippen molar-refractivity contribution in [2.24, 2.45) is 5.92 Å². The average molecular weight is 401 g/mol. The lowest BCUT2D eigenvalue weighted by atomic mass is 9.96. The molecule has 0 saturated carbocycles. The molecule has 3 aliphatic rings. The highest BCUT2D eigenvalue weighted by atomic mass is 16.5. The van der Waals surface area contributed by atoms with Crippen LogP contribution < -0.4 is 0 Å². The first kappa shape index (κ1) is 19.0. The first-order valence-corrected chi connectivity index (χ1v) is 9.40. The molecule has 1 aromatic heterocycles. The van der Waals surface area contributed by atoms with E-state index in [2.05, 4.69) is 20.4 Å². The van der Waals surface area contributed by atoms with Crippen molar-refractivity contribution in [1.82, 2.24) is 25.3 Å². The van der Waals surface area contributed by atoms with Crippen LogP contribution in [0.1, 0.15) is 50.2 Å². The summed E-state index contributed by atoms with van der Waals surface area (Å²) in [4.78, 5) is 35.2. The molecule has 11 nitrogen and oxygen atoms in total. The van der Waals surface area contributed by atoms with Crippen molar-refractivity contribution in [2.75, 3.05) is 6.61 Å². The fourth-order valence-electron chi connectivity index (χ4n) is 3.53. The van der Waals surface area contributed by atoms with Gasteiger partial charge in [-0.15, -0.1) is 20.4 Å². The lowest BCUT2D eigenvalue weighted by molar-refractivity contribution is -0.136. The standard InChI is InChI=1S/C18H19N5O6/c24-14-9-10(17(25)23(14)18(26)27)8-11-4-3-6-13(29-11)16-21-19-15(20-22-16)12-5-1-2-7-28-12/h5-6,10-11H,1-4,7-9H2,(H,26,27). The number of likely N-dealkylation sites (tertiary alicyclic amines) is 1. The van der Waals surface area contributed by atoms with Gasteiger partial charge in [0.05, 0.1) is 18.6 Å². The lowest BCUT2D eigenvalue weighted by Crippen LogP contribution is -2.36. The van der Waals surface area contributed by atoms with Gasteiger partial charge in [-0.1, -0.05) is 0 Å². The molecule has 0 aliphatic carbocycles. The van der Waals surface area contributed by atoms with Crippen molar-refractivity contribution in [3.63, 3.8) is 0 Å². The highest BCUT2D eigenvalue weighted by Crippen LogP contribution is 2.31. The summed E-state index contributed by atoms with van der Waals surface area (Å²) in [6.45, 7) is 0.606. The summed E-state index contributed by atoms with van der Waals surface area (Å²) in [5.74, 6) is -0.624. The van der Waals surface area contributed by atoms with Crippen LogP contribution in [0.2, 0.25) is 0 Å². The topological polar surface area (TPSA) is 145 Å². The van der Waals surface area contributed by atoms with Gasteiger partial charge in [0.15, 0.2) is 11.5 Å². The van der Waals surface area contributed by atoms with Gasteiger partial charge in [-0.2, -0.15) is 4.90 Å². The van der Waals surface area contributed by atoms with E-state index in [4.69, 9.17) is 14.6 Å². The number of nitrogens with zero attached hydrogens (tertiary/aromatic N) is 5. The van der Waals surface area contributed by atoms with Crippen molar-refractivity contribution in [2.45, 2.75) is 44.6 Å². The van der Waals surface area contributed by atoms with E-state index in [0.717, 1.165) is 12.8 Å². The second-order valence-corrected chi connectivity index (χ2v) is 6.98. The summed E-state index contributed by atoms with van der Waals surface area (Å²) >= 11 is 0. The molecule has 1 aromatic rings. The van der Waals surface area contributed by atoms with E-state index in [0.29, 0.717) is 36.8 Å². The molecule has 3 amide bonds. The molecular weight excluding hydrogens is 382 g/mol. The minimum Gasteiger partial charge on any atom is -0.490 e. The minimum atomic E-state index is -1.55. The molecular formula is C18H19N5O6. The third kappa shape index (κ3) is 3.93. The highest BCUT2D eigenvalue weighted by molar-refractivity contribution is 6.13. The Balaban J connectivity index is 1.40. The fraction of sp³-hybridized carbons (Fsp3) is 0.500. The van der Waals surface area contributed by atoms with E-state index in [1.807, 2.05) is 12.2 Å². The maximum Gasteiger partial charge on any atom is 0.421 e. The molecule has 1 saturated heterocycles. The second-order valence-electron chi connectivity index (χ2n) is 6.98. The number of hydrogen-bond acceptors (Lipinski definition) is 9. The first-order chi connectivity index (χ1) is 14.0. The van der Waals surface area contributed by atoms with E-state index >= 15 is 0 Å². The largest absolute Gasteiger partial charge is 0.490 e. The molecule has 0 radical (unpaired) electrons. The third-order valence-electron chi connectivity index (χ3n) is 4.95. The van der Waals surface area contributed by atoms with Crippen LogP contribution in [-0.4, -0.2) is 61.0 Å². The van der Waals surface area contributed by atoms with Gasteiger partial charge < -0.3 is 14.6 Å². The quantitative estimate of drug-likeness (QED) is 0.734. The normalized spacial score (nSPS) is 24.5. The molecule has 29 heavy (non-hydrogen) atoms. The monoisotopic (exact) mass is 401 g/mol. The molecule has 0 bridgehead atoms. The Kier molecular flexibility index (Phi) is 5.19. The number of rotatable bonds is 4. The number of ether oxygens (including phenoxy) is 2. The minimum absolute atomic E-state index is 0.131. The number of carboxylic acid groups (broad SMARTS) is 1. The Morgan fingerprint density at radius 1 is 1.10 bits per heavy atom. The number of carbonyl (C=O) groups excluding carboxylic acids is 2. The molecule has 4 rings (SSSR count). The van der Waals surface area contributed by atoms with Gasteiger partial charge in [0.2, 0.25) is 23.5 Å². The van der Waals surface area contributed by atoms with Gasteiger partial charge in [-0.3, -0.25) is 9.59 Å². The molecule has 0 spiro atoms. The van der Waals surface area contributed by atoms with E-state index in [1.165, 1.54) is 0 Å². The van der Waals surface area contributed by atoms with E-state index in [1.54, 1.807) is 0 Å². The zero-order chi connectivity index (χ0) is 20.4. The second kappa shape index (κ2) is 7.94. The van der Waals surface area contributed by atoms with E-state index in [-0.39, 0.29) is 29.7 Å². The zero-order valence-corrected chi connectivity index (χ0v) is 15.5. The number of carbonyl (C=O) groups is 3. The molecule has 11 heteroatoms. The van der Waals surface area contributed by atoms with Crippen LogP contribution in [0.15, 0.2) is 12.2 Å². The van der Waals surface area contributed by atoms with Crippen LogP contribution in [-0.2, 0) is 19.1 Å². The Hall–Kier alpha value is -3.37. The van der Waals surface area contributed by atoms with Crippen LogP contribution >= 0.6 is 0 Å². The van der Waals surface area contributed by atoms with Crippen LogP contribution in [0.5, 0.6) is 0 Å². The molecule has 1 N–H and O–H groups in total. The van der Waals surface area contributed by atoms with Gasteiger partial charge in [0.25, 0.3) is 0 Å². The molecule has 0 aromatic carbocycles. The summed E-state index contributed by atoms with van der Waals surface area (Å²) in [5, 5.41) is 25.2. The molecule has 2 unspecified atom stereocenters. The van der Waals surface area contributed by atoms with Crippen LogP contribution in [0.25, 0.3) is 11.5 Å². The summed E-state index contributed by atoms with van der Waals surface area (Å²) in [5.41, 5.74) is 0. The molecule has 2 atom stereocenters. The summed E-state index contributed by atoms with van der Waals surface area (Å²) in [6, 6.07) is 0. The third-order valence-corrected chi connectivity index (χ3v) is 4.95. The van der Waals surface area contributed by atoms with E-state index < -0.39 is 23.8 Å². The van der Waals surface area contributed by atoms with Crippen molar-refractivity contribution in [3.05, 3.63) is 23.8 Å². The van der Waals surface area contributed by atoms with Gasteiger partial charge in [-0.25, -0.2) is 4.79 Å². The Labute approximate surface area is 165 Å². The number of allylic oxidation sites excluding steroid dienone is 2. The average Bonchev–Trinajstić information content (AvgIpc) is 3.02. The maximum atomic E-state index is 12.2. The van der Waals surface area contributed by atoms with Crippen molar-refractivity contribution in [3.8, 4) is 0 Å². The molecule has 1 fully saturated rings. The van der Waals surface area contributed by atoms with Crippen LogP contribution in [0.3, 0.4) is 0 Å². The van der Waals surface area contributed by atoms with Crippen LogP contribution in [0.4, 0.5) is 4.79 Å². The Morgan fingerprint density at radius 2 is 1.79 bits per heavy atom. The predicted octanol–water partition coefficient (Wildman–Crippen LogP) is 1.38. The molecule has 152 valence electrons. The molecule has 4 heterocycles. The van der Waals surface area contributed by atoms with Crippen molar-refractivity contribution >= 4 is 29.4 Å². The van der Waals surface area contributed by atoms with Crippen molar-refractivity contribution < 1.29 is 29.0 Å². The summed E-state index contributed by atoms with van der Waals surface area (Å²) < 4.78 is 11.4. The number of hydrogen-bond donors (Lipinski definition) is 1. The fourth-order valence-corrected chi connectivity index (χ4v) is 3.53. The van der Waals surface area contributed by atoms with Gasteiger partial charge in [0.1, 0.15) is 0 Å².